The zero-order valence-electron chi connectivity index (χ0n) is 17.2. The first-order valence-electron chi connectivity index (χ1n) is 10.2. The molecular formula is C23H25ClN4O2. The van der Waals surface area contributed by atoms with E-state index >= 15 is 0 Å². The second-order valence-corrected chi connectivity index (χ2v) is 8.27. The molecule has 1 saturated carbocycles. The molecule has 1 fully saturated rings. The van der Waals surface area contributed by atoms with Gasteiger partial charge >= 0.3 is 5.69 Å². The highest BCUT2D eigenvalue weighted by molar-refractivity contribution is 6.33. The molecule has 1 aromatic heterocycles. The summed E-state index contributed by atoms with van der Waals surface area (Å²) in [4.78, 5) is 25.3. The summed E-state index contributed by atoms with van der Waals surface area (Å²) >= 11 is 6.33. The van der Waals surface area contributed by atoms with Crippen molar-refractivity contribution in [2.45, 2.75) is 45.7 Å². The maximum Gasteiger partial charge on any atom is 0.346 e. The molecule has 156 valence electrons. The van der Waals surface area contributed by atoms with Crippen molar-refractivity contribution < 1.29 is 4.79 Å². The summed E-state index contributed by atoms with van der Waals surface area (Å²) in [6, 6.07) is 13.8. The third-order valence-electron chi connectivity index (χ3n) is 5.50. The number of nitrogens with zero attached hydrogens (tertiary/aromatic N) is 3. The van der Waals surface area contributed by atoms with Crippen molar-refractivity contribution in [3.05, 3.63) is 74.7 Å². The van der Waals surface area contributed by atoms with Crippen LogP contribution in [-0.2, 0) is 17.8 Å². The van der Waals surface area contributed by atoms with Gasteiger partial charge in [-0.1, -0.05) is 41.9 Å². The SMILES string of the molecule is Cc1ccc(CCNC(=O)Cn2nc(-c3ccccc3Cl)n(C3CC3)c2=O)cc1C. The van der Waals surface area contributed by atoms with Gasteiger partial charge in [0.05, 0.1) is 5.02 Å². The summed E-state index contributed by atoms with van der Waals surface area (Å²) in [6.07, 6.45) is 2.61. The molecule has 1 heterocycles. The fraction of sp³-hybridized carbons (Fsp3) is 0.348. The monoisotopic (exact) mass is 424 g/mol. The number of benzene rings is 2. The molecule has 0 aliphatic heterocycles. The van der Waals surface area contributed by atoms with E-state index in [2.05, 4.69) is 42.5 Å². The van der Waals surface area contributed by atoms with Crippen LogP contribution in [0, 0.1) is 13.8 Å². The number of nitrogens with one attached hydrogen (secondary N) is 1. The molecule has 4 rings (SSSR count). The molecule has 1 aliphatic carbocycles. The fourth-order valence-electron chi connectivity index (χ4n) is 3.51. The van der Waals surface area contributed by atoms with Crippen LogP contribution in [0.1, 0.15) is 35.6 Å². The summed E-state index contributed by atoms with van der Waals surface area (Å²) in [5.74, 6) is 0.295. The first-order chi connectivity index (χ1) is 14.4. The Balaban J connectivity index is 1.46. The molecule has 2 aromatic carbocycles. The second kappa shape index (κ2) is 8.48. The first-order valence-corrected chi connectivity index (χ1v) is 10.6. The van der Waals surface area contributed by atoms with E-state index in [0.717, 1.165) is 19.3 Å². The zero-order chi connectivity index (χ0) is 21.3. The molecular weight excluding hydrogens is 400 g/mol. The largest absolute Gasteiger partial charge is 0.354 e. The van der Waals surface area contributed by atoms with Gasteiger partial charge in [-0.15, -0.1) is 5.10 Å². The van der Waals surface area contributed by atoms with Crippen molar-refractivity contribution in [1.82, 2.24) is 19.7 Å². The number of carbonyl (C=O) groups excluding carboxylic acids is 1. The van der Waals surface area contributed by atoms with Crippen molar-refractivity contribution >= 4 is 17.5 Å². The van der Waals surface area contributed by atoms with E-state index in [1.54, 1.807) is 10.6 Å². The van der Waals surface area contributed by atoms with Gasteiger partial charge in [0.1, 0.15) is 6.54 Å². The Morgan fingerprint density at radius 2 is 1.93 bits per heavy atom. The quantitative estimate of drug-likeness (QED) is 0.629. The van der Waals surface area contributed by atoms with Gasteiger partial charge in [-0.05, 0) is 61.9 Å². The van der Waals surface area contributed by atoms with E-state index in [-0.39, 0.29) is 24.2 Å². The highest BCUT2D eigenvalue weighted by Crippen LogP contribution is 2.37. The Morgan fingerprint density at radius 3 is 2.63 bits per heavy atom. The lowest BCUT2D eigenvalue weighted by Crippen LogP contribution is -2.34. The molecule has 0 unspecified atom stereocenters. The minimum absolute atomic E-state index is 0.108. The maximum absolute atomic E-state index is 12.9. The predicted octanol–water partition coefficient (Wildman–Crippen LogP) is 3.68. The highest BCUT2D eigenvalue weighted by atomic mass is 35.5. The van der Waals surface area contributed by atoms with E-state index in [1.165, 1.54) is 21.4 Å². The van der Waals surface area contributed by atoms with Crippen LogP contribution in [0.3, 0.4) is 0 Å². The Morgan fingerprint density at radius 1 is 1.17 bits per heavy atom. The maximum atomic E-state index is 12.9. The van der Waals surface area contributed by atoms with Crippen molar-refractivity contribution in [2.24, 2.45) is 0 Å². The zero-order valence-corrected chi connectivity index (χ0v) is 17.9. The molecule has 7 heteroatoms. The van der Waals surface area contributed by atoms with Gasteiger partial charge in [0.15, 0.2) is 5.82 Å². The van der Waals surface area contributed by atoms with Crippen LogP contribution in [-0.4, -0.2) is 26.8 Å². The lowest BCUT2D eigenvalue weighted by Gasteiger charge is -2.07. The van der Waals surface area contributed by atoms with E-state index < -0.39 is 0 Å². The van der Waals surface area contributed by atoms with Crippen molar-refractivity contribution in [2.75, 3.05) is 6.54 Å². The van der Waals surface area contributed by atoms with Gasteiger partial charge in [0, 0.05) is 18.2 Å². The summed E-state index contributed by atoms with van der Waals surface area (Å²) in [6.45, 7) is 4.56. The topological polar surface area (TPSA) is 68.9 Å². The Labute approximate surface area is 180 Å². The third-order valence-corrected chi connectivity index (χ3v) is 5.83. The molecule has 0 radical (unpaired) electrons. The lowest BCUT2D eigenvalue weighted by atomic mass is 10.0. The molecule has 3 aromatic rings. The van der Waals surface area contributed by atoms with Gasteiger partial charge in [-0.3, -0.25) is 9.36 Å². The number of hydrogen-bond donors (Lipinski definition) is 1. The number of hydrogen-bond acceptors (Lipinski definition) is 3. The first kappa shape index (κ1) is 20.4. The van der Waals surface area contributed by atoms with Crippen LogP contribution < -0.4 is 11.0 Å². The highest BCUT2D eigenvalue weighted by Gasteiger charge is 2.31. The van der Waals surface area contributed by atoms with Crippen molar-refractivity contribution in [3.63, 3.8) is 0 Å². The fourth-order valence-corrected chi connectivity index (χ4v) is 3.73. The molecule has 30 heavy (non-hydrogen) atoms. The molecule has 1 amide bonds. The minimum Gasteiger partial charge on any atom is -0.354 e. The number of aromatic nitrogens is 3. The molecule has 1 aliphatic rings. The molecule has 6 nitrogen and oxygen atoms in total. The minimum atomic E-state index is -0.267. The number of carbonyl (C=O) groups is 1. The number of rotatable bonds is 7. The van der Waals surface area contributed by atoms with Gasteiger partial charge in [-0.25, -0.2) is 9.48 Å². The van der Waals surface area contributed by atoms with Crippen molar-refractivity contribution in [1.29, 1.82) is 0 Å². The van der Waals surface area contributed by atoms with Gasteiger partial charge in [0.2, 0.25) is 5.91 Å². The normalized spacial score (nSPS) is 13.4. The Hall–Kier alpha value is -2.86. The van der Waals surface area contributed by atoms with E-state index in [1.807, 2.05) is 18.2 Å². The molecule has 0 bridgehead atoms. The Kier molecular flexibility index (Phi) is 5.77. The van der Waals surface area contributed by atoms with Crippen LogP contribution >= 0.6 is 11.6 Å². The lowest BCUT2D eigenvalue weighted by molar-refractivity contribution is -0.121. The predicted molar refractivity (Wildman–Crippen MR) is 118 cm³/mol. The van der Waals surface area contributed by atoms with E-state index in [4.69, 9.17) is 11.6 Å². The van der Waals surface area contributed by atoms with Crippen molar-refractivity contribution in [3.8, 4) is 11.4 Å². The van der Waals surface area contributed by atoms with E-state index in [9.17, 15) is 9.59 Å². The van der Waals surface area contributed by atoms with Gasteiger partial charge in [0.25, 0.3) is 0 Å². The second-order valence-electron chi connectivity index (χ2n) is 7.86. The standard InChI is InChI=1S/C23H25ClN4O2/c1-15-7-8-17(13-16(15)2)11-12-25-21(29)14-27-23(30)28(18-9-10-18)22(26-27)19-5-3-4-6-20(19)24/h3-8,13,18H,9-12,14H2,1-2H3,(H,25,29). The molecule has 0 atom stereocenters. The summed E-state index contributed by atoms with van der Waals surface area (Å²) in [7, 11) is 0. The summed E-state index contributed by atoms with van der Waals surface area (Å²) in [5, 5.41) is 7.88. The van der Waals surface area contributed by atoms with Crippen LogP contribution in [0.15, 0.2) is 47.3 Å². The smallest absolute Gasteiger partial charge is 0.346 e. The van der Waals surface area contributed by atoms with E-state index in [0.29, 0.717) is 23.0 Å². The summed E-state index contributed by atoms with van der Waals surface area (Å²) < 4.78 is 2.91. The molecule has 0 saturated heterocycles. The Bertz CT molecular complexity index is 1140. The van der Waals surface area contributed by atoms with Gasteiger partial charge in [-0.2, -0.15) is 0 Å². The summed E-state index contributed by atoms with van der Waals surface area (Å²) in [5.41, 5.74) is 4.11. The van der Waals surface area contributed by atoms with Crippen LogP contribution in [0.5, 0.6) is 0 Å². The van der Waals surface area contributed by atoms with Crippen LogP contribution in [0.25, 0.3) is 11.4 Å². The number of aryl methyl sites for hydroxylation is 2. The molecule has 1 N–H and O–H groups in total. The average molecular weight is 425 g/mol. The molecule has 0 spiro atoms. The average Bonchev–Trinajstić information content (AvgIpc) is 3.50. The number of amides is 1. The number of halogens is 1. The van der Waals surface area contributed by atoms with Crippen LogP contribution in [0.2, 0.25) is 5.02 Å². The van der Waals surface area contributed by atoms with Gasteiger partial charge < -0.3 is 5.32 Å². The van der Waals surface area contributed by atoms with Crippen LogP contribution in [0.4, 0.5) is 0 Å². The third kappa shape index (κ3) is 4.33.